The van der Waals surface area contributed by atoms with Gasteiger partial charge in [0.15, 0.2) is 11.4 Å². The molecule has 17 heavy (non-hydrogen) atoms. The molecule has 1 fully saturated rings. The molecule has 0 aromatic carbocycles. The number of anilines is 1. The third-order valence-electron chi connectivity index (χ3n) is 3.02. The maximum Gasteiger partial charge on any atom is 0.161 e. The molecule has 3 heterocycles. The maximum atomic E-state index is 11.4. The highest BCUT2D eigenvalue weighted by atomic mass is 16.1. The summed E-state index contributed by atoms with van der Waals surface area (Å²) >= 11 is 0. The largest absolute Gasteiger partial charge is 0.349 e. The molecule has 4 heteroatoms. The first-order valence-electron chi connectivity index (χ1n) is 5.81. The summed E-state index contributed by atoms with van der Waals surface area (Å²) in [5.74, 6) is 1.14. The minimum atomic E-state index is 0.291. The number of Topliss-reactive ketones (excluding diaryl/α,β-unsaturated/α-hetero) is 1. The molecule has 1 aliphatic rings. The van der Waals surface area contributed by atoms with Crippen LogP contribution in [0.1, 0.15) is 12.8 Å². The second-order valence-corrected chi connectivity index (χ2v) is 4.28. The van der Waals surface area contributed by atoms with Gasteiger partial charge in [-0.2, -0.15) is 0 Å². The van der Waals surface area contributed by atoms with E-state index in [1.165, 1.54) is 0 Å². The highest BCUT2D eigenvalue weighted by molar-refractivity contribution is 5.85. The van der Waals surface area contributed by atoms with Gasteiger partial charge in [-0.1, -0.05) is 0 Å². The van der Waals surface area contributed by atoms with Gasteiger partial charge in [0, 0.05) is 24.5 Å². The van der Waals surface area contributed by atoms with Crippen molar-refractivity contribution >= 4 is 22.6 Å². The number of hydrogen-bond donors (Lipinski definition) is 0. The fraction of sp³-hybridized carbons (Fsp3) is 0.308. The molecule has 0 saturated carbocycles. The van der Waals surface area contributed by atoms with E-state index in [2.05, 4.69) is 9.97 Å². The second-order valence-electron chi connectivity index (χ2n) is 4.28. The van der Waals surface area contributed by atoms with Gasteiger partial charge in [-0.3, -0.25) is 4.79 Å². The van der Waals surface area contributed by atoms with Crippen molar-refractivity contribution in [1.82, 2.24) is 9.97 Å². The zero-order valence-electron chi connectivity index (χ0n) is 9.47. The molecule has 1 saturated heterocycles. The van der Waals surface area contributed by atoms with E-state index in [0.29, 0.717) is 18.7 Å². The number of ketones is 1. The SMILES string of the molecule is O=C1CCCN(c2ccc3cccnc3n2)C1. The number of pyridine rings is 2. The van der Waals surface area contributed by atoms with Crippen LogP contribution in [0.2, 0.25) is 0 Å². The fourth-order valence-electron chi connectivity index (χ4n) is 2.15. The van der Waals surface area contributed by atoms with Crippen LogP contribution >= 0.6 is 0 Å². The molecule has 86 valence electrons. The number of nitrogens with zero attached hydrogens (tertiary/aromatic N) is 3. The summed E-state index contributed by atoms with van der Waals surface area (Å²) in [7, 11) is 0. The van der Waals surface area contributed by atoms with E-state index in [0.717, 1.165) is 29.8 Å². The van der Waals surface area contributed by atoms with E-state index >= 15 is 0 Å². The number of hydrogen-bond acceptors (Lipinski definition) is 4. The van der Waals surface area contributed by atoms with Gasteiger partial charge >= 0.3 is 0 Å². The van der Waals surface area contributed by atoms with Gasteiger partial charge in [0.1, 0.15) is 5.82 Å². The minimum absolute atomic E-state index is 0.291. The summed E-state index contributed by atoms with van der Waals surface area (Å²) in [6, 6.07) is 7.85. The molecule has 0 N–H and O–H groups in total. The van der Waals surface area contributed by atoms with Crippen LogP contribution in [0, 0.1) is 0 Å². The molecule has 2 aromatic heterocycles. The third-order valence-corrected chi connectivity index (χ3v) is 3.02. The Morgan fingerprint density at radius 3 is 3.06 bits per heavy atom. The van der Waals surface area contributed by atoms with Gasteiger partial charge in [0.25, 0.3) is 0 Å². The van der Waals surface area contributed by atoms with Crippen LogP contribution in [-0.4, -0.2) is 28.8 Å². The lowest BCUT2D eigenvalue weighted by atomic mass is 10.1. The molecule has 0 atom stereocenters. The molecule has 4 nitrogen and oxygen atoms in total. The molecular weight excluding hydrogens is 214 g/mol. The Hall–Kier alpha value is -1.97. The van der Waals surface area contributed by atoms with E-state index in [1.807, 2.05) is 29.2 Å². The van der Waals surface area contributed by atoms with Gasteiger partial charge < -0.3 is 4.90 Å². The number of aromatic nitrogens is 2. The van der Waals surface area contributed by atoms with Gasteiger partial charge in [0.2, 0.25) is 0 Å². The zero-order chi connectivity index (χ0) is 11.7. The first-order chi connectivity index (χ1) is 8.33. The molecular formula is C13H13N3O. The van der Waals surface area contributed by atoms with Crippen molar-refractivity contribution in [3.8, 4) is 0 Å². The van der Waals surface area contributed by atoms with E-state index in [9.17, 15) is 4.79 Å². The Kier molecular flexibility index (Phi) is 2.48. The van der Waals surface area contributed by atoms with Crippen LogP contribution in [0.15, 0.2) is 30.5 Å². The average molecular weight is 227 g/mol. The summed E-state index contributed by atoms with van der Waals surface area (Å²) in [6.07, 6.45) is 3.35. The van der Waals surface area contributed by atoms with E-state index in [-0.39, 0.29) is 0 Å². The Labute approximate surface area is 99.3 Å². The molecule has 1 aliphatic heterocycles. The number of fused-ring (bicyclic) bond motifs is 1. The summed E-state index contributed by atoms with van der Waals surface area (Å²) in [4.78, 5) is 22.2. The highest BCUT2D eigenvalue weighted by Crippen LogP contribution is 2.19. The Bertz CT molecular complexity index is 567. The predicted molar refractivity (Wildman–Crippen MR) is 66.0 cm³/mol. The minimum Gasteiger partial charge on any atom is -0.349 e. The van der Waals surface area contributed by atoms with Gasteiger partial charge in [-0.15, -0.1) is 0 Å². The van der Waals surface area contributed by atoms with Crippen LogP contribution in [0.5, 0.6) is 0 Å². The Balaban J connectivity index is 1.97. The van der Waals surface area contributed by atoms with Gasteiger partial charge in [0.05, 0.1) is 6.54 Å². The van der Waals surface area contributed by atoms with Crippen LogP contribution in [0.3, 0.4) is 0 Å². The quantitative estimate of drug-likeness (QED) is 0.745. The van der Waals surface area contributed by atoms with Crippen molar-refractivity contribution in [3.05, 3.63) is 30.5 Å². The monoisotopic (exact) mass is 227 g/mol. The summed E-state index contributed by atoms with van der Waals surface area (Å²) in [5, 5.41) is 1.03. The number of piperidine rings is 1. The second kappa shape index (κ2) is 4.13. The molecule has 0 amide bonds. The van der Waals surface area contributed by atoms with E-state index in [4.69, 9.17) is 0 Å². The van der Waals surface area contributed by atoms with E-state index in [1.54, 1.807) is 6.20 Å². The van der Waals surface area contributed by atoms with Crippen LogP contribution < -0.4 is 4.90 Å². The van der Waals surface area contributed by atoms with Crippen molar-refractivity contribution in [2.24, 2.45) is 0 Å². The molecule has 0 unspecified atom stereocenters. The Morgan fingerprint density at radius 2 is 2.18 bits per heavy atom. The topological polar surface area (TPSA) is 46.1 Å². The van der Waals surface area contributed by atoms with Crippen molar-refractivity contribution in [2.75, 3.05) is 18.0 Å². The van der Waals surface area contributed by atoms with E-state index < -0.39 is 0 Å². The van der Waals surface area contributed by atoms with Crippen molar-refractivity contribution in [1.29, 1.82) is 0 Å². The summed E-state index contributed by atoms with van der Waals surface area (Å²) in [6.45, 7) is 1.38. The first-order valence-corrected chi connectivity index (χ1v) is 5.81. The fourth-order valence-corrected chi connectivity index (χ4v) is 2.15. The standard InChI is InChI=1S/C13H13N3O/c17-11-4-2-8-16(9-11)12-6-5-10-3-1-7-14-13(10)15-12/h1,3,5-7H,2,4,8-9H2. The molecule has 0 radical (unpaired) electrons. The van der Waals surface area contributed by atoms with Crippen molar-refractivity contribution < 1.29 is 4.79 Å². The normalized spacial score (nSPS) is 16.5. The molecule has 0 bridgehead atoms. The smallest absolute Gasteiger partial charge is 0.161 e. The zero-order valence-corrected chi connectivity index (χ0v) is 9.47. The predicted octanol–water partition coefficient (Wildman–Crippen LogP) is 1.80. The van der Waals surface area contributed by atoms with Crippen LogP contribution in [0.4, 0.5) is 5.82 Å². The van der Waals surface area contributed by atoms with Gasteiger partial charge in [-0.25, -0.2) is 9.97 Å². The number of carbonyl (C=O) groups is 1. The molecule has 3 rings (SSSR count). The molecule has 0 aliphatic carbocycles. The van der Waals surface area contributed by atoms with Crippen molar-refractivity contribution in [3.63, 3.8) is 0 Å². The highest BCUT2D eigenvalue weighted by Gasteiger charge is 2.18. The third kappa shape index (κ3) is 1.98. The maximum absolute atomic E-state index is 11.4. The van der Waals surface area contributed by atoms with Crippen molar-refractivity contribution in [2.45, 2.75) is 12.8 Å². The van der Waals surface area contributed by atoms with Crippen LogP contribution in [-0.2, 0) is 4.79 Å². The van der Waals surface area contributed by atoms with Crippen LogP contribution in [0.25, 0.3) is 11.0 Å². The molecule has 2 aromatic rings. The Morgan fingerprint density at radius 1 is 1.24 bits per heavy atom. The first kappa shape index (κ1) is 10.2. The lowest BCUT2D eigenvalue weighted by molar-refractivity contribution is -0.118. The summed E-state index contributed by atoms with van der Waals surface area (Å²) < 4.78 is 0. The summed E-state index contributed by atoms with van der Waals surface area (Å²) in [5.41, 5.74) is 0.739. The average Bonchev–Trinajstić information content (AvgIpc) is 2.38. The molecule has 0 spiro atoms. The lowest BCUT2D eigenvalue weighted by Gasteiger charge is -2.26. The lowest BCUT2D eigenvalue weighted by Crippen LogP contribution is -2.36. The number of rotatable bonds is 1. The number of carbonyl (C=O) groups excluding carboxylic acids is 1. The van der Waals surface area contributed by atoms with Gasteiger partial charge in [-0.05, 0) is 30.7 Å².